The second-order valence-corrected chi connectivity index (χ2v) is 4.22. The minimum absolute atomic E-state index is 0.629. The van der Waals surface area contributed by atoms with Crippen LogP contribution in [0.25, 0.3) is 10.9 Å². The van der Waals surface area contributed by atoms with Gasteiger partial charge in [0.1, 0.15) is 0 Å². The van der Waals surface area contributed by atoms with Gasteiger partial charge in [0.25, 0.3) is 0 Å². The molecule has 0 bridgehead atoms. The smallest absolute Gasteiger partial charge is 0.191 e. The van der Waals surface area contributed by atoms with E-state index >= 15 is 0 Å². The van der Waals surface area contributed by atoms with Gasteiger partial charge < -0.3 is 10.6 Å². The van der Waals surface area contributed by atoms with E-state index in [-0.39, 0.29) is 0 Å². The zero-order chi connectivity index (χ0) is 13.5. The molecule has 0 aliphatic carbocycles. The van der Waals surface area contributed by atoms with Gasteiger partial charge in [0.2, 0.25) is 0 Å². The van der Waals surface area contributed by atoms with Crippen LogP contribution in [0, 0.1) is 0 Å². The number of benzene rings is 1. The van der Waals surface area contributed by atoms with Gasteiger partial charge in [0.05, 0.1) is 12.1 Å². The van der Waals surface area contributed by atoms with Crippen LogP contribution in [0.2, 0.25) is 0 Å². The third-order valence-corrected chi connectivity index (χ3v) is 2.81. The Kier molecular flexibility index (Phi) is 4.72. The third kappa shape index (κ3) is 3.44. The van der Waals surface area contributed by atoms with Gasteiger partial charge in [-0.25, -0.2) is 4.99 Å². The number of pyridine rings is 1. The molecule has 0 spiro atoms. The molecule has 0 fully saturated rings. The molecule has 2 aromatic rings. The van der Waals surface area contributed by atoms with Crippen molar-refractivity contribution in [2.24, 2.45) is 4.99 Å². The fourth-order valence-corrected chi connectivity index (χ4v) is 1.97. The summed E-state index contributed by atoms with van der Waals surface area (Å²) in [6.45, 7) is 6.47. The molecule has 1 aromatic carbocycles. The van der Waals surface area contributed by atoms with Gasteiger partial charge in [0, 0.05) is 24.7 Å². The topological polar surface area (TPSA) is 49.3 Å². The average molecular weight is 256 g/mol. The number of fused-ring (bicyclic) bond motifs is 1. The maximum Gasteiger partial charge on any atom is 0.191 e. The van der Waals surface area contributed by atoms with Crippen LogP contribution in [0.15, 0.2) is 41.5 Å². The fourth-order valence-electron chi connectivity index (χ4n) is 1.97. The van der Waals surface area contributed by atoms with Crippen molar-refractivity contribution in [1.29, 1.82) is 0 Å². The Morgan fingerprint density at radius 3 is 2.58 bits per heavy atom. The van der Waals surface area contributed by atoms with Gasteiger partial charge in [-0.15, -0.1) is 0 Å². The Labute approximate surface area is 114 Å². The summed E-state index contributed by atoms with van der Waals surface area (Å²) in [7, 11) is 0. The van der Waals surface area contributed by atoms with Crippen LogP contribution < -0.4 is 10.6 Å². The largest absolute Gasteiger partial charge is 0.357 e. The molecule has 0 radical (unpaired) electrons. The summed E-state index contributed by atoms with van der Waals surface area (Å²) in [6, 6.07) is 10.2. The molecule has 0 atom stereocenters. The van der Waals surface area contributed by atoms with E-state index in [2.05, 4.69) is 58.7 Å². The van der Waals surface area contributed by atoms with E-state index in [1.807, 2.05) is 12.3 Å². The SMILES string of the molecule is CCNC(=NCc1cccc2cccnc12)NCC. The van der Waals surface area contributed by atoms with Crippen LogP contribution in [0.3, 0.4) is 0 Å². The summed E-state index contributed by atoms with van der Waals surface area (Å²) in [5.41, 5.74) is 2.17. The van der Waals surface area contributed by atoms with Crippen molar-refractivity contribution in [3.05, 3.63) is 42.1 Å². The second kappa shape index (κ2) is 6.73. The fraction of sp³-hybridized carbons (Fsp3) is 0.333. The number of nitrogens with zero attached hydrogens (tertiary/aromatic N) is 2. The van der Waals surface area contributed by atoms with E-state index in [1.54, 1.807) is 0 Å². The summed E-state index contributed by atoms with van der Waals surface area (Å²) < 4.78 is 0. The average Bonchev–Trinajstić information content (AvgIpc) is 2.45. The summed E-state index contributed by atoms with van der Waals surface area (Å²) in [6.07, 6.45) is 1.82. The lowest BCUT2D eigenvalue weighted by Gasteiger charge is -2.09. The first kappa shape index (κ1) is 13.3. The van der Waals surface area contributed by atoms with Crippen molar-refractivity contribution < 1.29 is 0 Å². The number of rotatable bonds is 4. The Bertz CT molecular complexity index is 550. The Morgan fingerprint density at radius 1 is 1.11 bits per heavy atom. The number of hydrogen-bond donors (Lipinski definition) is 2. The van der Waals surface area contributed by atoms with Crippen molar-refractivity contribution in [1.82, 2.24) is 15.6 Å². The van der Waals surface area contributed by atoms with E-state index in [9.17, 15) is 0 Å². The van der Waals surface area contributed by atoms with Gasteiger partial charge in [-0.3, -0.25) is 4.98 Å². The molecule has 0 unspecified atom stereocenters. The highest BCUT2D eigenvalue weighted by Crippen LogP contribution is 2.16. The maximum atomic E-state index is 4.58. The highest BCUT2D eigenvalue weighted by molar-refractivity contribution is 5.83. The molecule has 1 aromatic heterocycles. The lowest BCUT2D eigenvalue weighted by molar-refractivity contribution is 0.840. The molecule has 2 rings (SSSR count). The van der Waals surface area contributed by atoms with Crippen LogP contribution in [0.4, 0.5) is 0 Å². The first-order chi connectivity index (χ1) is 9.35. The quantitative estimate of drug-likeness (QED) is 0.652. The molecule has 0 amide bonds. The van der Waals surface area contributed by atoms with Gasteiger partial charge in [-0.05, 0) is 25.5 Å². The Hall–Kier alpha value is -2.10. The number of aromatic nitrogens is 1. The van der Waals surface area contributed by atoms with Crippen LogP contribution >= 0.6 is 0 Å². The van der Waals surface area contributed by atoms with Crippen LogP contribution in [-0.2, 0) is 6.54 Å². The first-order valence-electron chi connectivity index (χ1n) is 6.70. The van der Waals surface area contributed by atoms with E-state index in [0.717, 1.165) is 35.5 Å². The summed E-state index contributed by atoms with van der Waals surface area (Å²) in [5, 5.41) is 7.60. The Morgan fingerprint density at radius 2 is 1.84 bits per heavy atom. The maximum absolute atomic E-state index is 4.58. The number of aliphatic imine (C=N–C) groups is 1. The molecule has 0 aliphatic heterocycles. The van der Waals surface area contributed by atoms with Crippen LogP contribution in [0.5, 0.6) is 0 Å². The zero-order valence-corrected chi connectivity index (χ0v) is 11.5. The molecule has 0 saturated heterocycles. The molecule has 4 nitrogen and oxygen atoms in total. The summed E-state index contributed by atoms with van der Waals surface area (Å²) in [5.74, 6) is 0.845. The number of para-hydroxylation sites is 1. The molecule has 1 heterocycles. The van der Waals surface area contributed by atoms with Gasteiger partial charge in [0.15, 0.2) is 5.96 Å². The monoisotopic (exact) mass is 256 g/mol. The highest BCUT2D eigenvalue weighted by atomic mass is 15.2. The summed E-state index contributed by atoms with van der Waals surface area (Å²) >= 11 is 0. The van der Waals surface area contributed by atoms with Crippen LogP contribution in [-0.4, -0.2) is 24.0 Å². The first-order valence-corrected chi connectivity index (χ1v) is 6.70. The van der Waals surface area contributed by atoms with Crippen molar-refractivity contribution in [3.8, 4) is 0 Å². The number of guanidine groups is 1. The van der Waals surface area contributed by atoms with Gasteiger partial charge in [-0.1, -0.05) is 24.3 Å². The van der Waals surface area contributed by atoms with Crippen LogP contribution in [0.1, 0.15) is 19.4 Å². The molecule has 2 N–H and O–H groups in total. The lowest BCUT2D eigenvalue weighted by Crippen LogP contribution is -2.36. The van der Waals surface area contributed by atoms with E-state index in [1.165, 1.54) is 0 Å². The molecule has 100 valence electrons. The molecule has 19 heavy (non-hydrogen) atoms. The van der Waals surface area contributed by atoms with Crippen molar-refractivity contribution >= 4 is 16.9 Å². The molecule has 0 aliphatic rings. The molecular formula is C15H20N4. The normalized spacial score (nSPS) is 10.2. The molecule has 0 saturated carbocycles. The zero-order valence-electron chi connectivity index (χ0n) is 11.5. The minimum Gasteiger partial charge on any atom is -0.357 e. The predicted molar refractivity (Wildman–Crippen MR) is 80.2 cm³/mol. The van der Waals surface area contributed by atoms with E-state index < -0.39 is 0 Å². The van der Waals surface area contributed by atoms with Crippen molar-refractivity contribution in [2.75, 3.05) is 13.1 Å². The van der Waals surface area contributed by atoms with Crippen molar-refractivity contribution in [3.63, 3.8) is 0 Å². The summed E-state index contributed by atoms with van der Waals surface area (Å²) in [4.78, 5) is 9.02. The third-order valence-electron chi connectivity index (χ3n) is 2.81. The highest BCUT2D eigenvalue weighted by Gasteiger charge is 2.01. The van der Waals surface area contributed by atoms with E-state index in [4.69, 9.17) is 0 Å². The standard InChI is InChI=1S/C15H20N4/c1-3-16-15(17-4-2)19-11-13-8-5-7-12-9-6-10-18-14(12)13/h5-10H,3-4,11H2,1-2H3,(H2,16,17,19). The predicted octanol–water partition coefficient (Wildman–Crippen LogP) is 2.31. The number of nitrogens with one attached hydrogen (secondary N) is 2. The Balaban J connectivity index is 2.23. The molecule has 4 heteroatoms. The molecular weight excluding hydrogens is 236 g/mol. The second-order valence-electron chi connectivity index (χ2n) is 4.22. The number of hydrogen-bond acceptors (Lipinski definition) is 2. The van der Waals surface area contributed by atoms with E-state index in [0.29, 0.717) is 6.54 Å². The lowest BCUT2D eigenvalue weighted by atomic mass is 10.1. The minimum atomic E-state index is 0.629. The van der Waals surface area contributed by atoms with Crippen molar-refractivity contribution in [2.45, 2.75) is 20.4 Å². The van der Waals surface area contributed by atoms with Gasteiger partial charge in [-0.2, -0.15) is 0 Å². The van der Waals surface area contributed by atoms with Gasteiger partial charge >= 0.3 is 0 Å².